The highest BCUT2D eigenvalue weighted by Crippen LogP contribution is 2.19. The van der Waals surface area contributed by atoms with Crippen LogP contribution < -0.4 is 10.5 Å². The third-order valence-corrected chi connectivity index (χ3v) is 2.71. The summed E-state index contributed by atoms with van der Waals surface area (Å²) >= 11 is 0. The van der Waals surface area contributed by atoms with Crippen LogP contribution in [0.1, 0.15) is 5.56 Å². The van der Waals surface area contributed by atoms with Crippen LogP contribution >= 0.6 is 0 Å². The van der Waals surface area contributed by atoms with E-state index < -0.39 is 0 Å². The molecule has 0 spiro atoms. The van der Waals surface area contributed by atoms with Crippen LogP contribution in [0, 0.1) is 10.1 Å². The summed E-state index contributed by atoms with van der Waals surface area (Å²) in [6, 6.07) is 13.7. The van der Waals surface area contributed by atoms with Gasteiger partial charge in [0.05, 0.1) is 11.5 Å². The van der Waals surface area contributed by atoms with E-state index in [2.05, 4.69) is 0 Å². The molecule has 0 radical (unpaired) electrons. The van der Waals surface area contributed by atoms with Gasteiger partial charge in [-0.3, -0.25) is 10.1 Å². The molecule has 0 unspecified atom stereocenters. The fraction of sp³-hybridized carbons (Fsp3) is 0.143. The first-order valence-electron chi connectivity index (χ1n) is 5.87. The first kappa shape index (κ1) is 12.9. The zero-order valence-electron chi connectivity index (χ0n) is 10.3. The predicted molar refractivity (Wildman–Crippen MR) is 73.1 cm³/mol. The monoisotopic (exact) mass is 258 g/mol. The van der Waals surface area contributed by atoms with E-state index in [1.807, 2.05) is 0 Å². The van der Waals surface area contributed by atoms with Crippen LogP contribution in [0.4, 0.5) is 11.4 Å². The second kappa shape index (κ2) is 5.86. The fourth-order valence-corrected chi connectivity index (χ4v) is 1.74. The highest BCUT2D eigenvalue weighted by molar-refractivity contribution is 5.42. The lowest BCUT2D eigenvalue weighted by Gasteiger charge is -2.06. The Hall–Kier alpha value is -2.56. The minimum absolute atomic E-state index is 0.128. The normalized spacial score (nSPS) is 10.1. The summed E-state index contributed by atoms with van der Waals surface area (Å²) in [7, 11) is 0. The Morgan fingerprint density at radius 3 is 2.47 bits per heavy atom. The maximum Gasteiger partial charge on any atom is 0.272 e. The van der Waals surface area contributed by atoms with Crippen LogP contribution in [0.5, 0.6) is 5.75 Å². The van der Waals surface area contributed by atoms with Crippen LogP contribution in [-0.2, 0) is 6.42 Å². The van der Waals surface area contributed by atoms with E-state index in [1.165, 1.54) is 6.07 Å². The van der Waals surface area contributed by atoms with Crippen LogP contribution in [0.3, 0.4) is 0 Å². The molecule has 0 atom stereocenters. The quantitative estimate of drug-likeness (QED) is 0.508. The van der Waals surface area contributed by atoms with Crippen LogP contribution in [0.2, 0.25) is 0 Å². The van der Waals surface area contributed by atoms with Crippen molar-refractivity contribution in [2.45, 2.75) is 6.42 Å². The number of nitrogens with two attached hydrogens (primary N) is 1. The molecule has 19 heavy (non-hydrogen) atoms. The average Bonchev–Trinajstić information content (AvgIpc) is 2.41. The molecule has 0 heterocycles. The Balaban J connectivity index is 1.96. The van der Waals surface area contributed by atoms with Crippen molar-refractivity contribution >= 4 is 11.4 Å². The van der Waals surface area contributed by atoms with E-state index in [0.717, 1.165) is 0 Å². The number of benzene rings is 2. The zero-order valence-corrected chi connectivity index (χ0v) is 10.3. The molecule has 5 nitrogen and oxygen atoms in total. The number of nitro groups is 1. The van der Waals surface area contributed by atoms with Gasteiger partial charge in [-0.15, -0.1) is 0 Å². The largest absolute Gasteiger partial charge is 0.493 e. The van der Waals surface area contributed by atoms with Gasteiger partial charge in [0, 0.05) is 23.7 Å². The smallest absolute Gasteiger partial charge is 0.272 e. The van der Waals surface area contributed by atoms with Gasteiger partial charge in [0.1, 0.15) is 5.75 Å². The summed E-state index contributed by atoms with van der Waals surface area (Å²) in [6.45, 7) is 0.384. The SMILES string of the molecule is Nc1ccc(OCCc2ccccc2[N+](=O)[O-])cc1. The number of hydrogen-bond donors (Lipinski definition) is 1. The van der Waals surface area contributed by atoms with E-state index in [4.69, 9.17) is 10.5 Å². The van der Waals surface area contributed by atoms with Crippen molar-refractivity contribution in [3.8, 4) is 5.75 Å². The summed E-state index contributed by atoms with van der Waals surface area (Å²) in [5, 5.41) is 10.8. The summed E-state index contributed by atoms with van der Waals surface area (Å²) in [6.07, 6.45) is 0.488. The van der Waals surface area contributed by atoms with Gasteiger partial charge in [0.2, 0.25) is 0 Å². The van der Waals surface area contributed by atoms with Gasteiger partial charge in [-0.2, -0.15) is 0 Å². The molecule has 0 bridgehead atoms. The lowest BCUT2D eigenvalue weighted by atomic mass is 10.1. The number of nitrogens with zero attached hydrogens (tertiary/aromatic N) is 1. The molecule has 2 aromatic rings. The lowest BCUT2D eigenvalue weighted by molar-refractivity contribution is -0.385. The van der Waals surface area contributed by atoms with Crippen molar-refractivity contribution in [2.75, 3.05) is 12.3 Å². The maximum absolute atomic E-state index is 10.8. The van der Waals surface area contributed by atoms with Gasteiger partial charge in [0.15, 0.2) is 0 Å². The van der Waals surface area contributed by atoms with Crippen molar-refractivity contribution in [2.24, 2.45) is 0 Å². The van der Waals surface area contributed by atoms with Gasteiger partial charge in [-0.1, -0.05) is 18.2 Å². The van der Waals surface area contributed by atoms with Gasteiger partial charge < -0.3 is 10.5 Å². The molecular formula is C14H14N2O3. The van der Waals surface area contributed by atoms with E-state index in [-0.39, 0.29) is 10.6 Å². The van der Waals surface area contributed by atoms with Crippen molar-refractivity contribution in [1.82, 2.24) is 0 Å². The first-order chi connectivity index (χ1) is 9.16. The minimum atomic E-state index is -0.376. The maximum atomic E-state index is 10.8. The third-order valence-electron chi connectivity index (χ3n) is 2.71. The number of hydrogen-bond acceptors (Lipinski definition) is 4. The zero-order chi connectivity index (χ0) is 13.7. The molecule has 0 amide bonds. The number of nitro benzene ring substituents is 1. The summed E-state index contributed by atoms with van der Waals surface area (Å²) in [4.78, 5) is 10.5. The third kappa shape index (κ3) is 3.45. The van der Waals surface area contributed by atoms with E-state index >= 15 is 0 Å². The standard InChI is InChI=1S/C14H14N2O3/c15-12-5-7-13(8-6-12)19-10-9-11-3-1-2-4-14(11)16(17)18/h1-8H,9-10,15H2. The molecule has 0 aliphatic heterocycles. The number of para-hydroxylation sites is 1. The molecule has 0 fully saturated rings. The summed E-state index contributed by atoms with van der Waals surface area (Å²) < 4.78 is 5.52. The van der Waals surface area contributed by atoms with E-state index in [1.54, 1.807) is 42.5 Å². The van der Waals surface area contributed by atoms with E-state index in [0.29, 0.717) is 30.0 Å². The minimum Gasteiger partial charge on any atom is -0.493 e. The second-order valence-electron chi connectivity index (χ2n) is 4.05. The summed E-state index contributed by atoms with van der Waals surface area (Å²) in [5.41, 5.74) is 7.04. The van der Waals surface area contributed by atoms with Crippen molar-refractivity contribution in [3.63, 3.8) is 0 Å². The molecule has 2 N–H and O–H groups in total. The molecule has 0 saturated carbocycles. The number of ether oxygens (including phenoxy) is 1. The van der Waals surface area contributed by atoms with Gasteiger partial charge >= 0.3 is 0 Å². The van der Waals surface area contributed by atoms with Gasteiger partial charge in [-0.05, 0) is 24.3 Å². The summed E-state index contributed by atoms with van der Waals surface area (Å²) in [5.74, 6) is 0.702. The van der Waals surface area contributed by atoms with Crippen LogP contribution in [0.15, 0.2) is 48.5 Å². The van der Waals surface area contributed by atoms with E-state index in [9.17, 15) is 10.1 Å². The highest BCUT2D eigenvalue weighted by Gasteiger charge is 2.11. The Morgan fingerprint density at radius 1 is 1.11 bits per heavy atom. The van der Waals surface area contributed by atoms with Crippen LogP contribution in [-0.4, -0.2) is 11.5 Å². The molecule has 0 aromatic heterocycles. The average molecular weight is 258 g/mol. The van der Waals surface area contributed by atoms with Crippen molar-refractivity contribution in [3.05, 3.63) is 64.2 Å². The molecule has 0 aliphatic carbocycles. The van der Waals surface area contributed by atoms with Gasteiger partial charge in [-0.25, -0.2) is 0 Å². The Morgan fingerprint density at radius 2 is 1.79 bits per heavy atom. The molecule has 2 rings (SSSR count). The number of nitrogen functional groups attached to an aromatic ring is 1. The number of anilines is 1. The molecule has 2 aromatic carbocycles. The van der Waals surface area contributed by atoms with Gasteiger partial charge in [0.25, 0.3) is 5.69 Å². The predicted octanol–water partition coefficient (Wildman–Crippen LogP) is 2.80. The first-order valence-corrected chi connectivity index (χ1v) is 5.87. The second-order valence-corrected chi connectivity index (χ2v) is 4.05. The van der Waals surface area contributed by atoms with Crippen molar-refractivity contribution < 1.29 is 9.66 Å². The van der Waals surface area contributed by atoms with Crippen molar-refractivity contribution in [1.29, 1.82) is 0 Å². The molecule has 98 valence electrons. The highest BCUT2D eigenvalue weighted by atomic mass is 16.6. The lowest BCUT2D eigenvalue weighted by Crippen LogP contribution is -2.04. The Labute approximate surface area is 110 Å². The Kier molecular flexibility index (Phi) is 3.97. The Bertz CT molecular complexity index is 567. The topological polar surface area (TPSA) is 78.4 Å². The molecule has 0 aliphatic rings. The molecular weight excluding hydrogens is 244 g/mol. The van der Waals surface area contributed by atoms with Crippen LogP contribution in [0.25, 0.3) is 0 Å². The molecule has 0 saturated heterocycles. The number of rotatable bonds is 5. The molecule has 5 heteroatoms. The fourth-order valence-electron chi connectivity index (χ4n) is 1.74.